The van der Waals surface area contributed by atoms with Crippen molar-refractivity contribution < 1.29 is 57.5 Å². The van der Waals surface area contributed by atoms with E-state index in [9.17, 15) is 57.5 Å². The molecule has 1 aliphatic carbocycles. The number of alkyl halides is 11. The largest absolute Gasteiger partial charge is 0.384 e. The fourth-order valence-electron chi connectivity index (χ4n) is 2.31. The zero-order valence-electron chi connectivity index (χ0n) is 12.6. The lowest BCUT2D eigenvalue weighted by Crippen LogP contribution is -2.86. The molecule has 0 bridgehead atoms. The molecule has 0 heterocycles. The molecule has 1 aromatic rings. The highest BCUT2D eigenvalue weighted by atomic mass is 35.5. The van der Waals surface area contributed by atoms with Crippen molar-refractivity contribution in [3.05, 3.63) is 29.0 Å². The molecule has 0 spiro atoms. The van der Waals surface area contributed by atoms with Gasteiger partial charge in [0.1, 0.15) is 5.82 Å². The molecule has 0 aliphatic heterocycles. The van der Waals surface area contributed by atoms with E-state index in [1.54, 1.807) is 0 Å². The van der Waals surface area contributed by atoms with Gasteiger partial charge >= 0.3 is 35.3 Å². The minimum absolute atomic E-state index is 0.316. The molecule has 28 heavy (non-hydrogen) atoms. The third kappa shape index (κ3) is 2.29. The Labute approximate surface area is 151 Å². The molecule has 0 saturated heterocycles. The summed E-state index contributed by atoms with van der Waals surface area (Å²) in [5.74, 6) is -42.3. The zero-order valence-corrected chi connectivity index (χ0v) is 13.3. The van der Waals surface area contributed by atoms with Crippen molar-refractivity contribution in [2.75, 3.05) is 5.32 Å². The molecule has 1 fully saturated rings. The van der Waals surface area contributed by atoms with Crippen LogP contribution in [0.1, 0.15) is 0 Å². The van der Waals surface area contributed by atoms with Gasteiger partial charge in [0.05, 0.1) is 5.69 Å². The van der Waals surface area contributed by atoms with Crippen molar-refractivity contribution in [2.45, 2.75) is 35.3 Å². The van der Waals surface area contributed by atoms with E-state index in [4.69, 9.17) is 11.6 Å². The maximum Gasteiger partial charge on any atom is 0.384 e. The van der Waals surface area contributed by atoms with Crippen LogP contribution in [-0.2, 0) is 4.79 Å². The molecule has 1 saturated carbocycles. The van der Waals surface area contributed by atoms with E-state index in [1.165, 1.54) is 0 Å². The highest BCUT2D eigenvalue weighted by Gasteiger charge is 3.02. The fourth-order valence-corrected chi connectivity index (χ4v) is 2.46. The van der Waals surface area contributed by atoms with E-state index in [0.717, 1.165) is 0 Å². The summed E-state index contributed by atoms with van der Waals surface area (Å²) < 4.78 is 162. The van der Waals surface area contributed by atoms with Crippen molar-refractivity contribution in [3.8, 4) is 0 Å². The van der Waals surface area contributed by atoms with Gasteiger partial charge in [0.25, 0.3) is 5.91 Å². The van der Waals surface area contributed by atoms with Crippen molar-refractivity contribution in [3.63, 3.8) is 0 Å². The maximum atomic E-state index is 14.4. The fraction of sp³-hybridized carbons (Fsp3) is 0.462. The Morgan fingerprint density at radius 3 is 1.54 bits per heavy atom. The van der Waals surface area contributed by atoms with E-state index >= 15 is 0 Å². The smallest absolute Gasteiger partial charge is 0.320 e. The number of carbonyl (C=O) groups excluding carboxylic acids is 1. The Morgan fingerprint density at radius 1 is 0.750 bits per heavy atom. The van der Waals surface area contributed by atoms with Crippen LogP contribution in [0.4, 0.5) is 58.4 Å². The third-order valence-electron chi connectivity index (χ3n) is 3.93. The van der Waals surface area contributed by atoms with E-state index in [1.807, 2.05) is 0 Å². The van der Waals surface area contributed by atoms with Crippen LogP contribution in [0, 0.1) is 5.82 Å². The van der Waals surface area contributed by atoms with Crippen molar-refractivity contribution in [1.29, 1.82) is 0 Å². The number of carbonyl (C=O) groups is 1. The van der Waals surface area contributed by atoms with Gasteiger partial charge in [0, 0.05) is 5.02 Å². The predicted octanol–water partition coefficient (Wildman–Crippen LogP) is 5.32. The number of nitrogens with one attached hydrogen (secondary N) is 1. The number of halogens is 13. The van der Waals surface area contributed by atoms with Gasteiger partial charge in [0.15, 0.2) is 0 Å². The van der Waals surface area contributed by atoms with Gasteiger partial charge in [-0.25, -0.2) is 8.78 Å². The summed E-state index contributed by atoms with van der Waals surface area (Å²) in [7, 11) is 0. The summed E-state index contributed by atoms with van der Waals surface area (Å²) >= 11 is 5.28. The minimum atomic E-state index is -7.45. The maximum absolute atomic E-state index is 14.4. The van der Waals surface area contributed by atoms with Crippen LogP contribution in [0.5, 0.6) is 0 Å². The summed E-state index contributed by atoms with van der Waals surface area (Å²) in [6.45, 7) is 0. The number of hydrogen-bond acceptors (Lipinski definition) is 1. The first-order valence-electron chi connectivity index (χ1n) is 6.65. The lowest BCUT2D eigenvalue weighted by molar-refractivity contribution is -0.475. The van der Waals surface area contributed by atoms with Gasteiger partial charge in [-0.15, -0.1) is 0 Å². The molecule has 15 heteroatoms. The Bertz CT molecular complexity index is 794. The zero-order chi connectivity index (χ0) is 22.1. The first-order valence-corrected chi connectivity index (χ1v) is 7.03. The van der Waals surface area contributed by atoms with Gasteiger partial charge in [-0.3, -0.25) is 4.79 Å². The Balaban J connectivity index is 2.69. The molecule has 0 atom stereocenters. The molecule has 0 radical (unpaired) electrons. The number of rotatable bonds is 2. The number of benzene rings is 1. The second kappa shape index (κ2) is 5.83. The molecule has 0 aromatic heterocycles. The van der Waals surface area contributed by atoms with E-state index < -0.39 is 57.7 Å². The molecular weight excluding hydrogens is 450 g/mol. The average molecular weight is 454 g/mol. The van der Waals surface area contributed by atoms with E-state index in [0.29, 0.717) is 23.5 Å². The summed E-state index contributed by atoms with van der Waals surface area (Å²) in [6.07, 6.45) is 0. The molecule has 2 rings (SSSR count). The van der Waals surface area contributed by atoms with Crippen LogP contribution >= 0.6 is 11.6 Å². The van der Waals surface area contributed by atoms with Gasteiger partial charge < -0.3 is 5.32 Å². The first kappa shape index (κ1) is 22.4. The van der Waals surface area contributed by atoms with E-state index in [2.05, 4.69) is 0 Å². The standard InChI is InChI=1S/C13H4ClF12NO/c14-4-1-2-6(5(15)3-4)27-7(28)8(16)9(17,18)11(21,22)13(25,26)12(23,24)10(8,19)20/h1-3H,(H,27,28). The molecule has 158 valence electrons. The average Bonchev–Trinajstić information content (AvgIpc) is 2.54. The normalized spacial score (nSPS) is 25.8. The van der Waals surface area contributed by atoms with Crippen molar-refractivity contribution >= 4 is 23.2 Å². The van der Waals surface area contributed by atoms with E-state index in [-0.39, 0.29) is 0 Å². The second-order valence-electron chi connectivity index (χ2n) is 5.61. The quantitative estimate of drug-likeness (QED) is 0.604. The molecule has 0 unspecified atom stereocenters. The van der Waals surface area contributed by atoms with Gasteiger partial charge in [-0.1, -0.05) is 11.6 Å². The monoisotopic (exact) mass is 453 g/mol. The highest BCUT2D eigenvalue weighted by Crippen LogP contribution is 2.69. The summed E-state index contributed by atoms with van der Waals surface area (Å²) in [5.41, 5.74) is -8.32. The molecule has 1 amide bonds. The molecule has 1 N–H and O–H groups in total. The lowest BCUT2D eigenvalue weighted by atomic mass is 9.71. The Kier molecular flexibility index (Phi) is 4.67. The molecular formula is C13H4ClF12NO. The number of amides is 1. The van der Waals surface area contributed by atoms with Crippen molar-refractivity contribution in [2.24, 2.45) is 0 Å². The number of anilines is 1. The van der Waals surface area contributed by atoms with Crippen LogP contribution in [0.25, 0.3) is 0 Å². The molecule has 2 nitrogen and oxygen atoms in total. The van der Waals surface area contributed by atoms with Crippen LogP contribution in [-0.4, -0.2) is 41.2 Å². The van der Waals surface area contributed by atoms with Crippen LogP contribution < -0.4 is 5.32 Å². The number of hydrogen-bond donors (Lipinski definition) is 1. The van der Waals surface area contributed by atoms with Gasteiger partial charge in [-0.2, -0.15) is 43.9 Å². The molecule has 1 aromatic carbocycles. The van der Waals surface area contributed by atoms with Crippen LogP contribution in [0.3, 0.4) is 0 Å². The molecule has 1 aliphatic rings. The van der Waals surface area contributed by atoms with Crippen molar-refractivity contribution in [1.82, 2.24) is 0 Å². The second-order valence-corrected chi connectivity index (χ2v) is 6.05. The SMILES string of the molecule is O=C(Nc1ccc(Cl)cc1F)C1(F)C(F)(F)C(F)(F)C(F)(F)C(F)(F)C1(F)F. The lowest BCUT2D eigenvalue weighted by Gasteiger charge is -2.51. The topological polar surface area (TPSA) is 29.1 Å². The summed E-state index contributed by atoms with van der Waals surface area (Å²) in [5, 5.41) is 0.223. The predicted molar refractivity (Wildman–Crippen MR) is 68.6 cm³/mol. The Hall–Kier alpha value is -1.86. The van der Waals surface area contributed by atoms with Gasteiger partial charge in [0.2, 0.25) is 0 Å². The van der Waals surface area contributed by atoms with Crippen LogP contribution in [0.15, 0.2) is 18.2 Å². The van der Waals surface area contributed by atoms with Crippen LogP contribution in [0.2, 0.25) is 5.02 Å². The first-order chi connectivity index (χ1) is 12.3. The summed E-state index contributed by atoms with van der Waals surface area (Å²) in [6, 6.07) is 1.35. The Morgan fingerprint density at radius 2 is 1.14 bits per heavy atom. The highest BCUT2D eigenvalue weighted by molar-refractivity contribution is 6.30. The minimum Gasteiger partial charge on any atom is -0.320 e. The van der Waals surface area contributed by atoms with Gasteiger partial charge in [-0.05, 0) is 18.2 Å². The summed E-state index contributed by atoms with van der Waals surface area (Å²) in [4.78, 5) is 11.6. The third-order valence-corrected chi connectivity index (χ3v) is 4.17.